The molecule has 0 radical (unpaired) electrons. The molecule has 3 heteroatoms. The van der Waals surface area contributed by atoms with Crippen molar-refractivity contribution in [1.29, 1.82) is 0 Å². The quantitative estimate of drug-likeness (QED) is 0.660. The zero-order chi connectivity index (χ0) is 10.6. The topological polar surface area (TPSA) is 41.1 Å². The second kappa shape index (κ2) is 4.60. The summed E-state index contributed by atoms with van der Waals surface area (Å²) in [5.41, 5.74) is -0.213. The van der Waals surface area contributed by atoms with Gasteiger partial charge in [0, 0.05) is 12.6 Å². The van der Waals surface area contributed by atoms with Gasteiger partial charge in [-0.25, -0.2) is 0 Å². The first-order valence-electron chi connectivity index (χ1n) is 5.21. The lowest BCUT2D eigenvalue weighted by Crippen LogP contribution is -2.44. The Balaban J connectivity index is 2.44. The molecule has 14 heavy (non-hydrogen) atoms. The van der Waals surface area contributed by atoms with Gasteiger partial charge in [0.25, 0.3) is 0 Å². The Morgan fingerprint density at radius 2 is 2.50 bits per heavy atom. The predicted octanol–water partition coefficient (Wildman–Crippen LogP) is 1.07. The van der Waals surface area contributed by atoms with Crippen LogP contribution in [-0.4, -0.2) is 25.0 Å². The molecular weight excluding hydrogens is 176 g/mol. The normalized spacial score (nSPS) is 28.4. The van der Waals surface area contributed by atoms with Crippen molar-refractivity contribution in [3.8, 4) is 0 Å². The maximum absolute atomic E-state index is 11.9. The molecule has 1 aliphatic heterocycles. The predicted molar refractivity (Wildman–Crippen MR) is 58.0 cm³/mol. The highest BCUT2D eigenvalue weighted by Gasteiger charge is 2.36. The Morgan fingerprint density at radius 3 is 3.00 bits per heavy atom. The van der Waals surface area contributed by atoms with Gasteiger partial charge in [-0.2, -0.15) is 0 Å². The number of hydrogen-bond acceptors (Lipinski definition) is 2. The fourth-order valence-corrected chi connectivity index (χ4v) is 1.72. The van der Waals surface area contributed by atoms with Crippen LogP contribution >= 0.6 is 0 Å². The van der Waals surface area contributed by atoms with E-state index in [-0.39, 0.29) is 17.4 Å². The van der Waals surface area contributed by atoms with Crippen LogP contribution in [0.3, 0.4) is 0 Å². The molecule has 2 atom stereocenters. The van der Waals surface area contributed by atoms with E-state index in [9.17, 15) is 4.79 Å². The van der Waals surface area contributed by atoms with Crippen LogP contribution in [0, 0.1) is 5.41 Å². The zero-order valence-electron chi connectivity index (χ0n) is 9.10. The van der Waals surface area contributed by atoms with Crippen molar-refractivity contribution in [3.05, 3.63) is 12.7 Å². The van der Waals surface area contributed by atoms with Gasteiger partial charge in [0.1, 0.15) is 0 Å². The lowest BCUT2D eigenvalue weighted by Gasteiger charge is -2.24. The van der Waals surface area contributed by atoms with Crippen molar-refractivity contribution >= 4 is 5.91 Å². The largest absolute Gasteiger partial charge is 0.353 e. The van der Waals surface area contributed by atoms with Crippen LogP contribution in [0.4, 0.5) is 0 Å². The third kappa shape index (κ3) is 2.58. The maximum Gasteiger partial charge on any atom is 0.227 e. The smallest absolute Gasteiger partial charge is 0.227 e. The number of carbonyl (C=O) groups is 1. The third-order valence-corrected chi connectivity index (χ3v) is 2.81. The van der Waals surface area contributed by atoms with Crippen LogP contribution in [-0.2, 0) is 4.79 Å². The van der Waals surface area contributed by atoms with Crippen molar-refractivity contribution in [2.45, 2.75) is 32.7 Å². The molecule has 80 valence electrons. The molecule has 0 aromatic heterocycles. The summed E-state index contributed by atoms with van der Waals surface area (Å²) in [6.07, 6.45) is 3.59. The highest BCUT2D eigenvalue weighted by molar-refractivity contribution is 5.83. The third-order valence-electron chi connectivity index (χ3n) is 2.81. The monoisotopic (exact) mass is 196 g/mol. The summed E-state index contributed by atoms with van der Waals surface area (Å²) in [6.45, 7) is 9.42. The average molecular weight is 196 g/mol. The van der Waals surface area contributed by atoms with E-state index < -0.39 is 0 Å². The minimum atomic E-state index is -0.213. The fraction of sp³-hybridized carbons (Fsp3) is 0.727. The Hall–Kier alpha value is -0.830. The highest BCUT2D eigenvalue weighted by Crippen LogP contribution is 2.24. The van der Waals surface area contributed by atoms with E-state index in [2.05, 4.69) is 17.2 Å². The molecule has 2 N–H and O–H groups in total. The first kappa shape index (κ1) is 11.2. The fourth-order valence-electron chi connectivity index (χ4n) is 1.72. The number of rotatable bonds is 4. The molecule has 1 heterocycles. The summed E-state index contributed by atoms with van der Waals surface area (Å²) in [4.78, 5) is 11.9. The van der Waals surface area contributed by atoms with Crippen molar-refractivity contribution in [1.82, 2.24) is 10.6 Å². The van der Waals surface area contributed by atoms with Gasteiger partial charge in [-0.3, -0.25) is 4.79 Å². The van der Waals surface area contributed by atoms with Crippen LogP contribution in [0.5, 0.6) is 0 Å². The summed E-state index contributed by atoms with van der Waals surface area (Å²) in [5, 5.41) is 6.23. The molecule has 1 rings (SSSR count). The molecule has 1 amide bonds. The molecule has 0 saturated carbocycles. The van der Waals surface area contributed by atoms with Gasteiger partial charge in [0.15, 0.2) is 0 Å². The van der Waals surface area contributed by atoms with E-state index in [1.165, 1.54) is 0 Å². The van der Waals surface area contributed by atoms with Crippen molar-refractivity contribution in [2.24, 2.45) is 5.41 Å². The molecule has 0 spiro atoms. The van der Waals surface area contributed by atoms with E-state index in [1.807, 2.05) is 19.9 Å². The Bertz CT molecular complexity index is 219. The van der Waals surface area contributed by atoms with Gasteiger partial charge in [-0.05, 0) is 33.2 Å². The minimum absolute atomic E-state index is 0.164. The second-order valence-electron chi connectivity index (χ2n) is 4.39. The van der Waals surface area contributed by atoms with Crippen LogP contribution in [0.25, 0.3) is 0 Å². The number of carbonyl (C=O) groups excluding carboxylic acids is 1. The Labute approximate surface area is 86.0 Å². The van der Waals surface area contributed by atoms with E-state index in [4.69, 9.17) is 0 Å². The average Bonchev–Trinajstić information content (AvgIpc) is 2.54. The maximum atomic E-state index is 11.9. The molecule has 0 aliphatic carbocycles. The highest BCUT2D eigenvalue weighted by atomic mass is 16.2. The first-order chi connectivity index (χ1) is 6.58. The Kier molecular flexibility index (Phi) is 3.69. The molecule has 0 bridgehead atoms. The molecule has 0 aromatic carbocycles. The van der Waals surface area contributed by atoms with Gasteiger partial charge in [0.05, 0.1) is 5.41 Å². The zero-order valence-corrected chi connectivity index (χ0v) is 9.10. The van der Waals surface area contributed by atoms with Crippen LogP contribution < -0.4 is 10.6 Å². The lowest BCUT2D eigenvalue weighted by atomic mass is 9.88. The van der Waals surface area contributed by atoms with Gasteiger partial charge in [0.2, 0.25) is 5.91 Å². The summed E-state index contributed by atoms with van der Waals surface area (Å²) in [7, 11) is 0. The van der Waals surface area contributed by atoms with E-state index in [0.29, 0.717) is 0 Å². The second-order valence-corrected chi connectivity index (χ2v) is 4.39. The number of amides is 1. The molecule has 1 fully saturated rings. The minimum Gasteiger partial charge on any atom is -0.353 e. The van der Waals surface area contributed by atoms with Gasteiger partial charge >= 0.3 is 0 Å². The number of nitrogens with one attached hydrogen (secondary N) is 2. The SMILES string of the molecule is C=CCC(C)NC(=O)C1(C)CCNC1. The summed E-state index contributed by atoms with van der Waals surface area (Å²) >= 11 is 0. The molecule has 0 aromatic rings. The Morgan fingerprint density at radius 1 is 1.79 bits per heavy atom. The summed E-state index contributed by atoms with van der Waals surface area (Å²) in [6, 6.07) is 0.192. The summed E-state index contributed by atoms with van der Waals surface area (Å²) < 4.78 is 0. The van der Waals surface area contributed by atoms with Crippen molar-refractivity contribution in [2.75, 3.05) is 13.1 Å². The molecule has 2 unspecified atom stereocenters. The lowest BCUT2D eigenvalue weighted by molar-refractivity contribution is -0.129. The van der Waals surface area contributed by atoms with E-state index in [0.717, 1.165) is 25.9 Å². The first-order valence-corrected chi connectivity index (χ1v) is 5.21. The van der Waals surface area contributed by atoms with Gasteiger partial charge in [-0.15, -0.1) is 6.58 Å². The van der Waals surface area contributed by atoms with Crippen molar-refractivity contribution in [3.63, 3.8) is 0 Å². The van der Waals surface area contributed by atoms with Gasteiger partial charge < -0.3 is 10.6 Å². The molecular formula is C11H20N2O. The standard InChI is InChI=1S/C11H20N2O/c1-4-5-9(2)13-10(14)11(3)6-7-12-8-11/h4,9,12H,1,5-8H2,2-3H3,(H,13,14). The van der Waals surface area contributed by atoms with Crippen molar-refractivity contribution < 1.29 is 4.79 Å². The molecule has 1 aliphatic rings. The molecule has 3 nitrogen and oxygen atoms in total. The van der Waals surface area contributed by atoms with E-state index >= 15 is 0 Å². The number of hydrogen-bond donors (Lipinski definition) is 2. The van der Waals surface area contributed by atoms with Crippen LogP contribution in [0.1, 0.15) is 26.7 Å². The van der Waals surface area contributed by atoms with E-state index in [1.54, 1.807) is 0 Å². The van der Waals surface area contributed by atoms with Crippen LogP contribution in [0.15, 0.2) is 12.7 Å². The molecule has 1 saturated heterocycles. The van der Waals surface area contributed by atoms with Gasteiger partial charge in [-0.1, -0.05) is 6.08 Å². The van der Waals surface area contributed by atoms with Crippen LogP contribution in [0.2, 0.25) is 0 Å². The summed E-state index contributed by atoms with van der Waals surface area (Å²) in [5.74, 6) is 0.164.